The van der Waals surface area contributed by atoms with Crippen LogP contribution in [-0.2, 0) is 4.79 Å². The maximum absolute atomic E-state index is 11.2. The number of ketones is 1. The molecule has 0 spiro atoms. The lowest BCUT2D eigenvalue weighted by molar-refractivity contribution is -0.110. The molecular weight excluding hydrogens is 216 g/mol. The zero-order valence-corrected chi connectivity index (χ0v) is 9.43. The maximum Gasteiger partial charge on any atom is 0.182 e. The standard InChI is InChI=1S/C14H12O3/c1-9-3-5-11(15)7-13(9)17-14-8-12(16)6-4-10(14)2/h3-8,16H,1H2,2H3. The summed E-state index contributed by atoms with van der Waals surface area (Å²) in [5.74, 6) is 0.909. The number of aryl methyl sites for hydroxylation is 1. The third kappa shape index (κ3) is 2.45. The van der Waals surface area contributed by atoms with Gasteiger partial charge >= 0.3 is 0 Å². The molecule has 1 aliphatic rings. The van der Waals surface area contributed by atoms with Crippen molar-refractivity contribution in [3.8, 4) is 11.5 Å². The molecule has 86 valence electrons. The van der Waals surface area contributed by atoms with Crippen LogP contribution >= 0.6 is 0 Å². The van der Waals surface area contributed by atoms with E-state index in [0.717, 1.165) is 5.56 Å². The first-order valence-electron chi connectivity index (χ1n) is 5.17. The van der Waals surface area contributed by atoms with Gasteiger partial charge < -0.3 is 9.84 Å². The number of rotatable bonds is 2. The Balaban J connectivity index is 2.29. The Morgan fingerprint density at radius 1 is 1.29 bits per heavy atom. The van der Waals surface area contributed by atoms with Gasteiger partial charge in [-0.2, -0.15) is 0 Å². The number of phenolic OH excluding ortho intramolecular Hbond substituents is 1. The van der Waals surface area contributed by atoms with E-state index in [0.29, 0.717) is 17.1 Å². The average Bonchev–Trinajstić information content (AvgIpc) is 2.28. The normalized spacial score (nSPS) is 14.8. The summed E-state index contributed by atoms with van der Waals surface area (Å²) in [7, 11) is 0. The van der Waals surface area contributed by atoms with Gasteiger partial charge in [-0.3, -0.25) is 4.79 Å². The quantitative estimate of drug-likeness (QED) is 0.846. The third-order valence-electron chi connectivity index (χ3n) is 2.43. The van der Waals surface area contributed by atoms with Crippen LogP contribution in [0, 0.1) is 6.92 Å². The van der Waals surface area contributed by atoms with Crippen molar-refractivity contribution in [2.45, 2.75) is 6.92 Å². The molecule has 0 unspecified atom stereocenters. The number of hydrogen-bond acceptors (Lipinski definition) is 3. The van der Waals surface area contributed by atoms with Gasteiger partial charge in [0.2, 0.25) is 0 Å². The summed E-state index contributed by atoms with van der Waals surface area (Å²) >= 11 is 0. The molecular formula is C14H12O3. The molecule has 3 nitrogen and oxygen atoms in total. The van der Waals surface area contributed by atoms with Crippen molar-refractivity contribution < 1.29 is 14.6 Å². The molecule has 1 N–H and O–H groups in total. The third-order valence-corrected chi connectivity index (χ3v) is 2.43. The van der Waals surface area contributed by atoms with E-state index in [-0.39, 0.29) is 11.5 Å². The van der Waals surface area contributed by atoms with Crippen molar-refractivity contribution in [3.05, 3.63) is 59.9 Å². The zero-order chi connectivity index (χ0) is 12.4. The number of ether oxygens (including phenoxy) is 1. The molecule has 0 aromatic heterocycles. The smallest absolute Gasteiger partial charge is 0.182 e. The first-order valence-corrected chi connectivity index (χ1v) is 5.17. The summed E-state index contributed by atoms with van der Waals surface area (Å²) in [5.41, 5.74) is 1.51. The summed E-state index contributed by atoms with van der Waals surface area (Å²) in [6.45, 7) is 5.64. The van der Waals surface area contributed by atoms with Gasteiger partial charge in [0.25, 0.3) is 0 Å². The van der Waals surface area contributed by atoms with Gasteiger partial charge in [-0.05, 0) is 30.7 Å². The fourth-order valence-electron chi connectivity index (χ4n) is 1.45. The summed E-state index contributed by atoms with van der Waals surface area (Å²) in [5, 5.41) is 9.38. The Morgan fingerprint density at radius 3 is 2.82 bits per heavy atom. The van der Waals surface area contributed by atoms with Crippen LogP contribution in [0.1, 0.15) is 5.56 Å². The number of phenols is 1. The number of benzene rings is 1. The molecule has 0 radical (unpaired) electrons. The van der Waals surface area contributed by atoms with E-state index in [4.69, 9.17) is 4.74 Å². The molecule has 0 saturated carbocycles. The summed E-state index contributed by atoms with van der Waals surface area (Å²) in [4.78, 5) is 11.2. The molecule has 0 amide bonds. The average molecular weight is 228 g/mol. The lowest BCUT2D eigenvalue weighted by atomic mass is 10.1. The van der Waals surface area contributed by atoms with Crippen LogP contribution < -0.4 is 4.74 Å². The van der Waals surface area contributed by atoms with Crippen LogP contribution in [0.3, 0.4) is 0 Å². The Bertz CT molecular complexity index is 551. The van der Waals surface area contributed by atoms with Crippen LogP contribution in [0.5, 0.6) is 11.5 Å². The highest BCUT2D eigenvalue weighted by molar-refractivity contribution is 6.02. The van der Waals surface area contributed by atoms with Crippen molar-refractivity contribution in [1.82, 2.24) is 0 Å². The summed E-state index contributed by atoms with van der Waals surface area (Å²) in [6.07, 6.45) is 4.42. The van der Waals surface area contributed by atoms with Crippen molar-refractivity contribution in [3.63, 3.8) is 0 Å². The molecule has 0 atom stereocenters. The molecule has 0 heterocycles. The fourth-order valence-corrected chi connectivity index (χ4v) is 1.45. The topological polar surface area (TPSA) is 46.5 Å². The summed E-state index contributed by atoms with van der Waals surface area (Å²) in [6, 6.07) is 4.83. The fraction of sp³-hybridized carbons (Fsp3) is 0.0714. The molecule has 2 rings (SSSR count). The number of aromatic hydroxyl groups is 1. The monoisotopic (exact) mass is 228 g/mol. The minimum atomic E-state index is -0.134. The van der Waals surface area contributed by atoms with E-state index < -0.39 is 0 Å². The molecule has 17 heavy (non-hydrogen) atoms. The predicted octanol–water partition coefficient (Wildman–Crippen LogP) is 2.66. The number of carbonyl (C=O) groups excluding carboxylic acids is 1. The zero-order valence-electron chi connectivity index (χ0n) is 9.43. The molecule has 3 heteroatoms. The number of carbonyl (C=O) groups is 1. The first kappa shape index (κ1) is 11.2. The van der Waals surface area contributed by atoms with Crippen molar-refractivity contribution in [2.24, 2.45) is 0 Å². The van der Waals surface area contributed by atoms with Crippen LogP contribution in [0.4, 0.5) is 0 Å². The van der Waals surface area contributed by atoms with E-state index in [1.54, 1.807) is 18.2 Å². The second-order valence-electron chi connectivity index (χ2n) is 3.82. The Morgan fingerprint density at radius 2 is 2.06 bits per heavy atom. The van der Waals surface area contributed by atoms with E-state index >= 15 is 0 Å². The second kappa shape index (κ2) is 4.29. The SMILES string of the molecule is C=C1C=CC(=O)C=C1Oc1cc(O)ccc1C. The highest BCUT2D eigenvalue weighted by atomic mass is 16.5. The number of hydrogen-bond donors (Lipinski definition) is 1. The van der Waals surface area contributed by atoms with Gasteiger partial charge in [0.1, 0.15) is 17.3 Å². The van der Waals surface area contributed by atoms with Crippen LogP contribution in [0.25, 0.3) is 0 Å². The van der Waals surface area contributed by atoms with Gasteiger partial charge in [-0.25, -0.2) is 0 Å². The highest BCUT2D eigenvalue weighted by Gasteiger charge is 2.12. The minimum absolute atomic E-state index is 0.120. The maximum atomic E-state index is 11.2. The molecule has 0 fully saturated rings. The Kier molecular flexibility index (Phi) is 2.83. The van der Waals surface area contributed by atoms with Gasteiger partial charge in [-0.1, -0.05) is 12.6 Å². The highest BCUT2D eigenvalue weighted by Crippen LogP contribution is 2.27. The van der Waals surface area contributed by atoms with Crippen LogP contribution in [0.15, 0.2) is 54.3 Å². The second-order valence-corrected chi connectivity index (χ2v) is 3.82. The summed E-state index contributed by atoms with van der Waals surface area (Å²) < 4.78 is 5.58. The molecule has 1 aliphatic carbocycles. The first-order chi connectivity index (χ1) is 8.06. The molecule has 0 bridgehead atoms. The molecule has 1 aromatic carbocycles. The minimum Gasteiger partial charge on any atom is -0.508 e. The van der Waals surface area contributed by atoms with Crippen molar-refractivity contribution >= 4 is 5.78 Å². The molecule has 1 aromatic rings. The lowest BCUT2D eigenvalue weighted by Crippen LogP contribution is -2.05. The van der Waals surface area contributed by atoms with E-state index in [1.807, 2.05) is 6.92 Å². The van der Waals surface area contributed by atoms with Gasteiger partial charge in [0.15, 0.2) is 5.78 Å². The Hall–Kier alpha value is -2.29. The van der Waals surface area contributed by atoms with E-state index in [2.05, 4.69) is 6.58 Å². The van der Waals surface area contributed by atoms with Gasteiger partial charge in [0, 0.05) is 17.7 Å². The Labute approximate surface area is 99.3 Å². The molecule has 0 saturated heterocycles. The van der Waals surface area contributed by atoms with E-state index in [9.17, 15) is 9.90 Å². The molecule has 0 aliphatic heterocycles. The van der Waals surface area contributed by atoms with Crippen molar-refractivity contribution in [2.75, 3.05) is 0 Å². The van der Waals surface area contributed by atoms with Crippen LogP contribution in [0.2, 0.25) is 0 Å². The van der Waals surface area contributed by atoms with Gasteiger partial charge in [-0.15, -0.1) is 0 Å². The number of allylic oxidation sites excluding steroid dienone is 3. The van der Waals surface area contributed by atoms with Gasteiger partial charge in [0.05, 0.1) is 0 Å². The largest absolute Gasteiger partial charge is 0.508 e. The predicted molar refractivity (Wildman–Crippen MR) is 64.8 cm³/mol. The van der Waals surface area contributed by atoms with E-state index in [1.165, 1.54) is 18.2 Å². The lowest BCUT2D eigenvalue weighted by Gasteiger charge is -2.14. The van der Waals surface area contributed by atoms with Crippen LogP contribution in [-0.4, -0.2) is 10.9 Å². The van der Waals surface area contributed by atoms with Crippen molar-refractivity contribution in [1.29, 1.82) is 0 Å².